The topological polar surface area (TPSA) is 72.5 Å². The Kier molecular flexibility index (Phi) is 6.88. The first-order valence-electron chi connectivity index (χ1n) is 8.92. The predicted octanol–water partition coefficient (Wildman–Crippen LogP) is 3.48. The van der Waals surface area contributed by atoms with E-state index in [9.17, 15) is 14.4 Å². The number of ether oxygens (including phenoxy) is 1. The lowest BCUT2D eigenvalue weighted by atomic mass is 10.0. The van der Waals surface area contributed by atoms with Crippen LogP contribution >= 0.6 is 0 Å². The van der Waals surface area contributed by atoms with E-state index in [0.29, 0.717) is 11.1 Å². The molecule has 1 N–H and O–H groups in total. The van der Waals surface area contributed by atoms with E-state index in [1.165, 1.54) is 0 Å². The van der Waals surface area contributed by atoms with Gasteiger partial charge in [0, 0.05) is 11.1 Å². The first-order chi connectivity index (χ1) is 12.8. The zero-order chi connectivity index (χ0) is 20.0. The van der Waals surface area contributed by atoms with Gasteiger partial charge in [0.1, 0.15) is 6.04 Å². The number of rotatable bonds is 7. The van der Waals surface area contributed by atoms with E-state index in [-0.39, 0.29) is 24.2 Å². The van der Waals surface area contributed by atoms with E-state index < -0.39 is 12.0 Å². The molecule has 1 amide bonds. The summed E-state index contributed by atoms with van der Waals surface area (Å²) in [6, 6.07) is 13.4. The van der Waals surface area contributed by atoms with Crippen LogP contribution in [0.1, 0.15) is 45.7 Å². The fourth-order valence-electron chi connectivity index (χ4n) is 2.65. The van der Waals surface area contributed by atoms with Crippen molar-refractivity contribution >= 4 is 17.7 Å². The van der Waals surface area contributed by atoms with Crippen LogP contribution in [0.2, 0.25) is 0 Å². The highest BCUT2D eigenvalue weighted by atomic mass is 16.5. The maximum atomic E-state index is 12.4. The number of hydrogen-bond acceptors (Lipinski definition) is 4. The molecule has 0 aliphatic heterocycles. The van der Waals surface area contributed by atoms with Gasteiger partial charge in [-0.25, -0.2) is 4.79 Å². The Morgan fingerprint density at radius 1 is 1.00 bits per heavy atom. The van der Waals surface area contributed by atoms with Crippen molar-refractivity contribution in [1.82, 2.24) is 5.32 Å². The highest BCUT2D eigenvalue weighted by Crippen LogP contribution is 2.12. The summed E-state index contributed by atoms with van der Waals surface area (Å²) in [7, 11) is 0. The maximum Gasteiger partial charge on any atom is 0.329 e. The Bertz CT molecular complexity index is 827. The minimum atomic E-state index is -0.830. The van der Waals surface area contributed by atoms with Crippen LogP contribution in [0.15, 0.2) is 48.5 Å². The number of amides is 1. The van der Waals surface area contributed by atoms with Crippen LogP contribution in [-0.4, -0.2) is 30.3 Å². The number of Topliss-reactive ketones (excluding diaryl/α,β-unsaturated/α-hetero) is 1. The summed E-state index contributed by atoms with van der Waals surface area (Å²) in [6.07, 6.45) is 0. The summed E-state index contributed by atoms with van der Waals surface area (Å²) in [5, 5.41) is 2.69. The Morgan fingerprint density at radius 3 is 2.30 bits per heavy atom. The molecule has 0 fully saturated rings. The minimum absolute atomic E-state index is 0.180. The molecule has 0 heterocycles. The van der Waals surface area contributed by atoms with Gasteiger partial charge in [0.25, 0.3) is 5.91 Å². The summed E-state index contributed by atoms with van der Waals surface area (Å²) in [5.41, 5.74) is 2.80. The zero-order valence-electron chi connectivity index (χ0n) is 16.1. The smallest absolute Gasteiger partial charge is 0.329 e. The standard InChI is InChI=1S/C22H25NO4/c1-14(2)20(23-21(25)17-8-6-5-7-9-17)22(26)27-13-19(24)18-12-15(3)10-11-16(18)4/h5-12,14,20H,13H2,1-4H3,(H,23,25)/t20-/m0/s1. The number of esters is 1. The van der Waals surface area contributed by atoms with Crippen molar-refractivity contribution in [1.29, 1.82) is 0 Å². The van der Waals surface area contributed by atoms with Gasteiger partial charge >= 0.3 is 5.97 Å². The maximum absolute atomic E-state index is 12.4. The van der Waals surface area contributed by atoms with Crippen LogP contribution in [0.3, 0.4) is 0 Å². The first-order valence-corrected chi connectivity index (χ1v) is 8.92. The van der Waals surface area contributed by atoms with Gasteiger partial charge in [-0.1, -0.05) is 49.7 Å². The van der Waals surface area contributed by atoms with Crippen molar-refractivity contribution in [2.24, 2.45) is 5.92 Å². The average Bonchev–Trinajstić information content (AvgIpc) is 2.66. The summed E-state index contributed by atoms with van der Waals surface area (Å²) >= 11 is 0. The Labute approximate surface area is 159 Å². The van der Waals surface area contributed by atoms with Crippen molar-refractivity contribution in [3.05, 3.63) is 70.8 Å². The number of hydrogen-bond donors (Lipinski definition) is 1. The molecule has 27 heavy (non-hydrogen) atoms. The second kappa shape index (κ2) is 9.12. The summed E-state index contributed by atoms with van der Waals surface area (Å²) in [4.78, 5) is 37.2. The molecule has 142 valence electrons. The normalized spacial score (nSPS) is 11.7. The average molecular weight is 367 g/mol. The number of aryl methyl sites for hydroxylation is 2. The molecule has 0 saturated heterocycles. The molecule has 0 aliphatic rings. The molecule has 0 aliphatic carbocycles. The van der Waals surface area contributed by atoms with Gasteiger partial charge in [0.15, 0.2) is 6.61 Å². The third-order valence-corrected chi connectivity index (χ3v) is 4.28. The Hall–Kier alpha value is -2.95. The molecule has 0 aromatic heterocycles. The van der Waals surface area contributed by atoms with E-state index in [4.69, 9.17) is 4.74 Å². The Morgan fingerprint density at radius 2 is 1.67 bits per heavy atom. The lowest BCUT2D eigenvalue weighted by Crippen LogP contribution is -2.45. The van der Waals surface area contributed by atoms with E-state index in [0.717, 1.165) is 11.1 Å². The molecule has 0 saturated carbocycles. The molecular formula is C22H25NO4. The van der Waals surface area contributed by atoms with Crippen molar-refractivity contribution < 1.29 is 19.1 Å². The fourth-order valence-corrected chi connectivity index (χ4v) is 2.65. The van der Waals surface area contributed by atoms with Gasteiger partial charge in [-0.15, -0.1) is 0 Å². The van der Waals surface area contributed by atoms with Gasteiger partial charge in [-0.05, 0) is 43.5 Å². The molecule has 2 rings (SSSR count). The largest absolute Gasteiger partial charge is 0.456 e. The molecule has 5 nitrogen and oxygen atoms in total. The van der Waals surface area contributed by atoms with Gasteiger partial charge in [-0.2, -0.15) is 0 Å². The summed E-state index contributed by atoms with van der Waals surface area (Å²) in [5.74, 6) is -1.41. The number of carbonyl (C=O) groups excluding carboxylic acids is 3. The second-order valence-electron chi connectivity index (χ2n) is 6.91. The third-order valence-electron chi connectivity index (χ3n) is 4.28. The van der Waals surface area contributed by atoms with Gasteiger partial charge in [0.2, 0.25) is 5.78 Å². The SMILES string of the molecule is Cc1ccc(C)c(C(=O)COC(=O)[C@@H](NC(=O)c2ccccc2)C(C)C)c1. The van der Waals surface area contributed by atoms with Gasteiger partial charge in [0.05, 0.1) is 0 Å². The summed E-state index contributed by atoms with van der Waals surface area (Å²) in [6.45, 7) is 7.00. The number of benzene rings is 2. The molecule has 2 aromatic rings. The molecular weight excluding hydrogens is 342 g/mol. The number of carbonyl (C=O) groups is 3. The van der Waals surface area contributed by atoms with Crippen molar-refractivity contribution in [2.45, 2.75) is 33.7 Å². The van der Waals surface area contributed by atoms with E-state index in [1.54, 1.807) is 30.3 Å². The van der Waals surface area contributed by atoms with Crippen LogP contribution in [0.4, 0.5) is 0 Å². The van der Waals surface area contributed by atoms with E-state index >= 15 is 0 Å². The second-order valence-corrected chi connectivity index (χ2v) is 6.91. The zero-order valence-corrected chi connectivity index (χ0v) is 16.1. The first kappa shape index (κ1) is 20.4. The molecule has 1 atom stereocenters. The van der Waals surface area contributed by atoms with Crippen molar-refractivity contribution in [2.75, 3.05) is 6.61 Å². The van der Waals surface area contributed by atoms with Crippen LogP contribution in [0.5, 0.6) is 0 Å². The van der Waals surface area contributed by atoms with Crippen molar-refractivity contribution in [3.63, 3.8) is 0 Å². The lowest BCUT2D eigenvalue weighted by Gasteiger charge is -2.21. The quantitative estimate of drug-likeness (QED) is 0.601. The number of ketones is 1. The summed E-state index contributed by atoms with van der Waals surface area (Å²) < 4.78 is 5.21. The predicted molar refractivity (Wildman–Crippen MR) is 104 cm³/mol. The lowest BCUT2D eigenvalue weighted by molar-refractivity contribution is -0.145. The molecule has 0 radical (unpaired) electrons. The third kappa shape index (κ3) is 5.51. The molecule has 0 unspecified atom stereocenters. The molecule has 5 heteroatoms. The van der Waals surface area contributed by atoms with Crippen LogP contribution in [0, 0.1) is 19.8 Å². The molecule has 0 spiro atoms. The van der Waals surface area contributed by atoms with Crippen molar-refractivity contribution in [3.8, 4) is 0 Å². The van der Waals surface area contributed by atoms with E-state index in [1.807, 2.05) is 45.9 Å². The highest BCUT2D eigenvalue weighted by Gasteiger charge is 2.27. The number of nitrogens with one attached hydrogen (secondary N) is 1. The van der Waals surface area contributed by atoms with Gasteiger partial charge < -0.3 is 10.1 Å². The van der Waals surface area contributed by atoms with Crippen LogP contribution < -0.4 is 5.32 Å². The highest BCUT2D eigenvalue weighted by molar-refractivity contribution is 6.00. The van der Waals surface area contributed by atoms with Crippen LogP contribution in [0.25, 0.3) is 0 Å². The van der Waals surface area contributed by atoms with Gasteiger partial charge in [-0.3, -0.25) is 9.59 Å². The molecule has 0 bridgehead atoms. The van der Waals surface area contributed by atoms with E-state index in [2.05, 4.69) is 5.32 Å². The monoisotopic (exact) mass is 367 g/mol. The molecule has 2 aromatic carbocycles. The Balaban J connectivity index is 2.01. The minimum Gasteiger partial charge on any atom is -0.456 e. The fraction of sp³-hybridized carbons (Fsp3) is 0.318. The van der Waals surface area contributed by atoms with Crippen LogP contribution in [-0.2, 0) is 9.53 Å².